The van der Waals surface area contributed by atoms with E-state index in [1.165, 1.54) is 17.0 Å². The van der Waals surface area contributed by atoms with E-state index in [4.69, 9.17) is 0 Å². The van der Waals surface area contributed by atoms with Crippen LogP contribution in [0.4, 0.5) is 5.69 Å². The van der Waals surface area contributed by atoms with Gasteiger partial charge in [0.25, 0.3) is 10.0 Å². The first-order valence-corrected chi connectivity index (χ1v) is 14.2. The van der Waals surface area contributed by atoms with E-state index < -0.39 is 34.1 Å². The van der Waals surface area contributed by atoms with Crippen molar-refractivity contribution in [3.05, 3.63) is 96.1 Å². The predicted molar refractivity (Wildman–Crippen MR) is 151 cm³/mol. The normalized spacial score (nSPS) is 12.4. The highest BCUT2D eigenvalue weighted by Gasteiger charge is 2.34. The maximum Gasteiger partial charge on any atom is 0.264 e. The Balaban J connectivity index is 2.05. The fourth-order valence-corrected chi connectivity index (χ4v) is 5.61. The summed E-state index contributed by atoms with van der Waals surface area (Å²) in [5.74, 6) is -0.747. The van der Waals surface area contributed by atoms with Crippen LogP contribution in [0.15, 0.2) is 89.8 Å². The Morgan fingerprint density at radius 1 is 0.895 bits per heavy atom. The Bertz CT molecular complexity index is 1340. The van der Waals surface area contributed by atoms with Gasteiger partial charge in [-0.2, -0.15) is 0 Å². The van der Waals surface area contributed by atoms with E-state index in [9.17, 15) is 18.0 Å². The first-order chi connectivity index (χ1) is 17.9. The van der Waals surface area contributed by atoms with Crippen LogP contribution in [0.2, 0.25) is 0 Å². The Morgan fingerprint density at radius 3 is 2.05 bits per heavy atom. The summed E-state index contributed by atoms with van der Waals surface area (Å²) in [6.45, 7) is 9.07. The summed E-state index contributed by atoms with van der Waals surface area (Å²) in [7, 11) is -4.07. The number of aryl methyl sites for hydroxylation is 1. The molecule has 0 saturated carbocycles. The molecular formula is C30H37N3O4S. The Morgan fingerprint density at radius 2 is 1.50 bits per heavy atom. The van der Waals surface area contributed by atoms with Crippen molar-refractivity contribution in [2.24, 2.45) is 0 Å². The number of carbonyl (C=O) groups excluding carboxylic acids is 2. The number of rotatable bonds is 10. The van der Waals surface area contributed by atoms with Crippen LogP contribution in [0.1, 0.15) is 45.2 Å². The van der Waals surface area contributed by atoms with Crippen LogP contribution in [0.5, 0.6) is 0 Å². The number of benzene rings is 3. The zero-order valence-electron chi connectivity index (χ0n) is 22.7. The van der Waals surface area contributed by atoms with E-state index in [0.29, 0.717) is 12.1 Å². The summed E-state index contributed by atoms with van der Waals surface area (Å²) >= 11 is 0. The molecule has 1 atom stereocenters. The van der Waals surface area contributed by atoms with Crippen LogP contribution in [0, 0.1) is 6.92 Å². The maximum absolute atomic E-state index is 14.0. The quantitative estimate of drug-likeness (QED) is 0.400. The van der Waals surface area contributed by atoms with Crippen LogP contribution in [0.25, 0.3) is 0 Å². The third-order valence-corrected chi connectivity index (χ3v) is 7.77. The lowest BCUT2D eigenvalue weighted by Crippen LogP contribution is -2.55. The average molecular weight is 536 g/mol. The van der Waals surface area contributed by atoms with E-state index in [0.717, 1.165) is 15.4 Å². The molecule has 3 aromatic rings. The number of nitrogens with zero attached hydrogens (tertiary/aromatic N) is 2. The molecular weight excluding hydrogens is 498 g/mol. The van der Waals surface area contributed by atoms with Gasteiger partial charge in [-0.25, -0.2) is 8.42 Å². The van der Waals surface area contributed by atoms with Crippen molar-refractivity contribution in [1.82, 2.24) is 10.2 Å². The van der Waals surface area contributed by atoms with Crippen LogP contribution in [-0.2, 0) is 26.2 Å². The van der Waals surface area contributed by atoms with Gasteiger partial charge >= 0.3 is 0 Å². The minimum absolute atomic E-state index is 0.0847. The van der Waals surface area contributed by atoms with Crippen molar-refractivity contribution < 1.29 is 18.0 Å². The molecule has 0 saturated heterocycles. The Labute approximate surface area is 226 Å². The third kappa shape index (κ3) is 7.44. The van der Waals surface area contributed by atoms with Gasteiger partial charge in [0, 0.05) is 12.1 Å². The van der Waals surface area contributed by atoms with Crippen molar-refractivity contribution in [2.75, 3.05) is 10.8 Å². The fourth-order valence-electron chi connectivity index (χ4n) is 4.18. The molecule has 0 heterocycles. The van der Waals surface area contributed by atoms with Crippen molar-refractivity contribution in [2.45, 2.75) is 64.1 Å². The van der Waals surface area contributed by atoms with Crippen molar-refractivity contribution in [3.8, 4) is 0 Å². The van der Waals surface area contributed by atoms with E-state index in [1.54, 1.807) is 36.4 Å². The van der Waals surface area contributed by atoms with Crippen molar-refractivity contribution in [1.29, 1.82) is 0 Å². The summed E-state index contributed by atoms with van der Waals surface area (Å²) in [5, 5.41) is 2.98. The molecule has 1 N–H and O–H groups in total. The highest BCUT2D eigenvalue weighted by Crippen LogP contribution is 2.25. The highest BCUT2D eigenvalue weighted by atomic mass is 32.2. The number of sulfonamides is 1. The molecule has 0 bridgehead atoms. The number of anilines is 1. The molecule has 0 aromatic heterocycles. The van der Waals surface area contributed by atoms with Crippen LogP contribution >= 0.6 is 0 Å². The number of amides is 2. The zero-order valence-corrected chi connectivity index (χ0v) is 23.5. The molecule has 0 aliphatic rings. The molecule has 0 fully saturated rings. The molecule has 3 rings (SSSR count). The predicted octanol–water partition coefficient (Wildman–Crippen LogP) is 4.91. The summed E-state index contributed by atoms with van der Waals surface area (Å²) < 4.78 is 28.7. The Hall–Kier alpha value is -3.65. The lowest BCUT2D eigenvalue weighted by molar-refractivity contribution is -0.141. The maximum atomic E-state index is 14.0. The molecule has 2 amide bonds. The standard InChI is InChI=1S/C30H37N3O4S/c1-6-27(29(35)31-30(3,4)5)32(21-24-15-9-7-10-16-24)28(34)22-33(25-17-13-14-23(2)20-25)38(36,37)26-18-11-8-12-19-26/h7-20,27H,6,21-22H2,1-5H3,(H,31,35). The van der Waals surface area contributed by atoms with E-state index in [2.05, 4.69) is 5.32 Å². The molecule has 7 nitrogen and oxygen atoms in total. The minimum Gasteiger partial charge on any atom is -0.350 e. The molecule has 0 radical (unpaired) electrons. The SMILES string of the molecule is CCC(C(=O)NC(C)(C)C)N(Cc1ccccc1)C(=O)CN(c1cccc(C)c1)S(=O)(=O)c1ccccc1. The lowest BCUT2D eigenvalue weighted by atomic mass is 10.1. The number of nitrogens with one attached hydrogen (secondary N) is 1. The summed E-state index contributed by atoms with van der Waals surface area (Å²) in [6.07, 6.45) is 0.371. The lowest BCUT2D eigenvalue weighted by Gasteiger charge is -2.34. The van der Waals surface area contributed by atoms with Crippen LogP contribution in [-0.4, -0.2) is 43.3 Å². The molecule has 0 aliphatic carbocycles. The molecule has 202 valence electrons. The summed E-state index contributed by atoms with van der Waals surface area (Å²) in [6, 6.07) is 23.7. The second kappa shape index (κ2) is 12.3. The summed E-state index contributed by atoms with van der Waals surface area (Å²) in [4.78, 5) is 28.9. The van der Waals surface area contributed by atoms with Crippen LogP contribution < -0.4 is 9.62 Å². The zero-order chi connectivity index (χ0) is 27.9. The molecule has 0 aliphatic heterocycles. The molecule has 38 heavy (non-hydrogen) atoms. The fraction of sp³-hybridized carbons (Fsp3) is 0.333. The van der Waals surface area contributed by atoms with E-state index in [-0.39, 0.29) is 17.3 Å². The topological polar surface area (TPSA) is 86.8 Å². The minimum atomic E-state index is -4.07. The van der Waals surface area contributed by atoms with E-state index >= 15 is 0 Å². The summed E-state index contributed by atoms with van der Waals surface area (Å²) in [5.41, 5.74) is 1.60. The third-order valence-electron chi connectivity index (χ3n) is 5.98. The van der Waals surface area contributed by atoms with Gasteiger partial charge in [-0.3, -0.25) is 13.9 Å². The molecule has 3 aromatic carbocycles. The van der Waals surface area contributed by atoms with Gasteiger partial charge in [0.05, 0.1) is 10.6 Å². The van der Waals surface area contributed by atoms with Gasteiger partial charge < -0.3 is 10.2 Å². The Kier molecular flexibility index (Phi) is 9.33. The van der Waals surface area contributed by atoms with E-state index in [1.807, 2.05) is 71.0 Å². The van der Waals surface area contributed by atoms with Crippen molar-refractivity contribution >= 4 is 27.5 Å². The van der Waals surface area contributed by atoms with Gasteiger partial charge in [0.2, 0.25) is 11.8 Å². The average Bonchev–Trinajstić information content (AvgIpc) is 2.87. The first kappa shape index (κ1) is 28.9. The number of carbonyl (C=O) groups is 2. The molecule has 8 heteroatoms. The largest absolute Gasteiger partial charge is 0.350 e. The second-order valence-corrected chi connectivity index (χ2v) is 12.2. The first-order valence-electron chi connectivity index (χ1n) is 12.7. The van der Waals surface area contributed by atoms with Crippen LogP contribution in [0.3, 0.4) is 0 Å². The smallest absolute Gasteiger partial charge is 0.264 e. The number of hydrogen-bond acceptors (Lipinski definition) is 4. The van der Waals surface area contributed by atoms with Gasteiger partial charge in [-0.15, -0.1) is 0 Å². The number of hydrogen-bond donors (Lipinski definition) is 1. The molecule has 1 unspecified atom stereocenters. The highest BCUT2D eigenvalue weighted by molar-refractivity contribution is 7.92. The van der Waals surface area contributed by atoms with Gasteiger partial charge in [-0.1, -0.05) is 67.6 Å². The van der Waals surface area contributed by atoms with Gasteiger partial charge in [0.1, 0.15) is 12.6 Å². The van der Waals surface area contributed by atoms with Gasteiger partial charge in [-0.05, 0) is 69.5 Å². The molecule has 0 spiro atoms. The van der Waals surface area contributed by atoms with Gasteiger partial charge in [0.15, 0.2) is 0 Å². The van der Waals surface area contributed by atoms with Crippen molar-refractivity contribution in [3.63, 3.8) is 0 Å². The second-order valence-electron chi connectivity index (χ2n) is 10.3. The monoisotopic (exact) mass is 535 g/mol.